The van der Waals surface area contributed by atoms with E-state index in [0.29, 0.717) is 0 Å². The van der Waals surface area contributed by atoms with E-state index in [-0.39, 0.29) is 14.7 Å². The predicted molar refractivity (Wildman–Crippen MR) is 146 cm³/mol. The first kappa shape index (κ1) is 31.3. The molecule has 4 unspecified atom stereocenters. The molecule has 11 nitrogen and oxygen atoms in total. The lowest BCUT2D eigenvalue weighted by Gasteiger charge is -2.40. The van der Waals surface area contributed by atoms with Crippen molar-refractivity contribution in [1.29, 1.82) is 0 Å². The molecule has 4 atom stereocenters. The lowest BCUT2D eigenvalue weighted by atomic mass is 9.87. The van der Waals surface area contributed by atoms with Crippen molar-refractivity contribution in [2.45, 2.75) is 72.4 Å². The number of hydrogen-bond acceptors (Lipinski definition) is 11. The highest BCUT2D eigenvalue weighted by Crippen LogP contribution is 2.33. The Morgan fingerprint density at radius 2 is 0.780 bits per heavy atom. The van der Waals surface area contributed by atoms with Gasteiger partial charge in [-0.2, -0.15) is 25.3 Å². The summed E-state index contributed by atoms with van der Waals surface area (Å²) in [6, 6.07) is 16.7. The molecule has 0 bridgehead atoms. The zero-order valence-corrected chi connectivity index (χ0v) is 24.8. The third-order valence-electron chi connectivity index (χ3n) is 6.57. The van der Waals surface area contributed by atoms with Crippen LogP contribution in [0.25, 0.3) is 0 Å². The summed E-state index contributed by atoms with van der Waals surface area (Å²) in [6.45, 7) is 5.23. The van der Waals surface area contributed by atoms with Gasteiger partial charge in [-0.1, -0.05) is 53.1 Å². The van der Waals surface area contributed by atoms with Crippen LogP contribution in [0.15, 0.2) is 87.5 Å². The fraction of sp³-hybridized carbons (Fsp3) is 0.333. The van der Waals surface area contributed by atoms with E-state index < -0.39 is 67.3 Å². The zero-order valence-electron chi connectivity index (χ0n) is 22.3. The van der Waals surface area contributed by atoms with Gasteiger partial charge < -0.3 is 10.2 Å². The van der Waals surface area contributed by atoms with Crippen LogP contribution in [0.4, 0.5) is 0 Å². The summed E-state index contributed by atoms with van der Waals surface area (Å²) in [7, 11) is -13.7. The van der Waals surface area contributed by atoms with E-state index in [9.17, 15) is 35.5 Å². The Morgan fingerprint density at radius 1 is 0.512 bits per heavy atom. The first-order chi connectivity index (χ1) is 19.1. The molecular formula is C27H30O11S3. The van der Waals surface area contributed by atoms with Crippen LogP contribution in [0, 0.1) is 20.8 Å². The van der Waals surface area contributed by atoms with E-state index in [1.165, 1.54) is 72.8 Å². The molecule has 4 rings (SSSR count). The van der Waals surface area contributed by atoms with Crippen molar-refractivity contribution >= 4 is 30.4 Å². The van der Waals surface area contributed by atoms with Crippen LogP contribution in [-0.2, 0) is 42.9 Å². The van der Waals surface area contributed by atoms with Crippen molar-refractivity contribution in [2.24, 2.45) is 0 Å². The number of rotatable bonds is 9. The fourth-order valence-electron chi connectivity index (χ4n) is 4.19. The minimum Gasteiger partial charge on any atom is -0.387 e. The molecule has 0 aromatic heterocycles. The number of aryl methyl sites for hydroxylation is 3. The predicted octanol–water partition coefficient (Wildman–Crippen LogP) is 2.36. The maximum absolute atomic E-state index is 13.0. The standard InChI is InChI=1S/C27H30O11S3/c1-17-4-10-20(11-5-17)39(30,31)36-23-16-24(37-40(32,33)21-12-6-18(2)7-13-21)26(29)27(25(23)28)38-41(34,35)22-14-8-19(3)9-15-22/h4-15,23-29H,16H2,1-3H3. The molecule has 0 saturated heterocycles. The molecule has 3 aromatic carbocycles. The number of hydrogen-bond donors (Lipinski definition) is 2. The zero-order chi connectivity index (χ0) is 30.2. The highest BCUT2D eigenvalue weighted by molar-refractivity contribution is 7.87. The second-order valence-electron chi connectivity index (χ2n) is 9.85. The van der Waals surface area contributed by atoms with E-state index >= 15 is 0 Å². The Kier molecular flexibility index (Phi) is 9.07. The Bertz CT molecular complexity index is 1590. The fourth-order valence-corrected chi connectivity index (χ4v) is 7.49. The summed E-state index contributed by atoms with van der Waals surface area (Å²) in [5.74, 6) is 0. The molecule has 3 aromatic rings. The number of aliphatic hydroxyl groups is 2. The first-order valence-corrected chi connectivity index (χ1v) is 16.7. The highest BCUT2D eigenvalue weighted by atomic mass is 32.2. The van der Waals surface area contributed by atoms with E-state index in [2.05, 4.69) is 0 Å². The van der Waals surface area contributed by atoms with E-state index in [0.717, 1.165) is 16.7 Å². The van der Waals surface area contributed by atoms with Gasteiger partial charge >= 0.3 is 0 Å². The summed E-state index contributed by atoms with van der Waals surface area (Å²) in [6.07, 6.45) is -10.2. The van der Waals surface area contributed by atoms with Crippen LogP contribution in [0.2, 0.25) is 0 Å². The van der Waals surface area contributed by atoms with Crippen LogP contribution in [0.5, 0.6) is 0 Å². The summed E-state index contributed by atoms with van der Waals surface area (Å²) in [5.41, 5.74) is 2.30. The molecular weight excluding hydrogens is 596 g/mol. The highest BCUT2D eigenvalue weighted by Gasteiger charge is 2.50. The first-order valence-electron chi connectivity index (χ1n) is 12.4. The molecule has 1 aliphatic rings. The van der Waals surface area contributed by atoms with Crippen molar-refractivity contribution in [1.82, 2.24) is 0 Å². The van der Waals surface area contributed by atoms with Crippen molar-refractivity contribution < 1.29 is 48.0 Å². The minimum absolute atomic E-state index is 0.254. The quantitative estimate of drug-likeness (QED) is 0.334. The normalized spacial score (nSPS) is 23.8. The van der Waals surface area contributed by atoms with Gasteiger partial charge in [0.2, 0.25) is 0 Å². The largest absolute Gasteiger partial charge is 0.387 e. The Balaban J connectivity index is 1.68. The maximum Gasteiger partial charge on any atom is 0.297 e. The number of benzene rings is 3. The third kappa shape index (κ3) is 7.21. The smallest absolute Gasteiger partial charge is 0.297 e. The topological polar surface area (TPSA) is 171 Å². The van der Waals surface area contributed by atoms with E-state index in [4.69, 9.17) is 12.5 Å². The summed E-state index contributed by atoms with van der Waals surface area (Å²) in [4.78, 5) is -0.811. The molecule has 0 aliphatic heterocycles. The van der Waals surface area contributed by atoms with Gasteiger partial charge in [-0.15, -0.1) is 0 Å². The molecule has 0 heterocycles. The van der Waals surface area contributed by atoms with Gasteiger partial charge in [0.05, 0.1) is 14.7 Å². The molecule has 1 fully saturated rings. The van der Waals surface area contributed by atoms with Gasteiger partial charge in [-0.05, 0) is 57.2 Å². The van der Waals surface area contributed by atoms with Crippen molar-refractivity contribution in [3.8, 4) is 0 Å². The minimum atomic E-state index is -4.62. The second-order valence-corrected chi connectivity index (χ2v) is 14.6. The van der Waals surface area contributed by atoms with E-state index in [1.807, 2.05) is 0 Å². The van der Waals surface area contributed by atoms with Gasteiger partial charge in [0.25, 0.3) is 30.4 Å². The monoisotopic (exact) mass is 626 g/mol. The average Bonchev–Trinajstić information content (AvgIpc) is 2.90. The SMILES string of the molecule is Cc1ccc(S(=O)(=O)OC2CC(OS(=O)(=O)c3ccc(C)cc3)C(O)C(OS(=O)(=O)c3ccc(C)cc3)C2O)cc1. The maximum atomic E-state index is 13.0. The van der Waals surface area contributed by atoms with Gasteiger partial charge in [0, 0.05) is 6.42 Å². The van der Waals surface area contributed by atoms with Crippen LogP contribution in [0.1, 0.15) is 23.1 Å². The van der Waals surface area contributed by atoms with Gasteiger partial charge in [-0.25, -0.2) is 0 Å². The van der Waals surface area contributed by atoms with Crippen molar-refractivity contribution in [3.05, 3.63) is 89.5 Å². The third-order valence-corrected chi connectivity index (χ3v) is 10.6. The average molecular weight is 627 g/mol. The van der Waals surface area contributed by atoms with Crippen LogP contribution in [0.3, 0.4) is 0 Å². The summed E-state index contributed by atoms with van der Waals surface area (Å²) >= 11 is 0. The lowest BCUT2D eigenvalue weighted by molar-refractivity contribution is -0.152. The van der Waals surface area contributed by atoms with Crippen LogP contribution >= 0.6 is 0 Å². The molecule has 0 spiro atoms. The lowest BCUT2D eigenvalue weighted by Crippen LogP contribution is -2.59. The van der Waals surface area contributed by atoms with E-state index in [1.54, 1.807) is 20.8 Å². The molecule has 41 heavy (non-hydrogen) atoms. The van der Waals surface area contributed by atoms with Crippen LogP contribution < -0.4 is 0 Å². The summed E-state index contributed by atoms with van der Waals surface area (Å²) < 4.78 is 93.8. The van der Waals surface area contributed by atoms with Crippen molar-refractivity contribution in [3.63, 3.8) is 0 Å². The molecule has 2 N–H and O–H groups in total. The van der Waals surface area contributed by atoms with Crippen molar-refractivity contribution in [2.75, 3.05) is 0 Å². The van der Waals surface area contributed by atoms with Gasteiger partial charge in [0.1, 0.15) is 30.5 Å². The molecule has 1 aliphatic carbocycles. The Hall–Kier alpha value is -2.69. The Morgan fingerprint density at radius 3 is 1.07 bits per heavy atom. The molecule has 1 saturated carbocycles. The number of aliphatic hydroxyl groups excluding tert-OH is 2. The van der Waals surface area contributed by atoms with Gasteiger partial charge in [-0.3, -0.25) is 12.5 Å². The molecule has 222 valence electrons. The Labute approximate surface area is 239 Å². The molecule has 14 heteroatoms. The van der Waals surface area contributed by atoms with Gasteiger partial charge in [0.15, 0.2) is 0 Å². The molecule has 0 amide bonds. The second kappa shape index (κ2) is 11.9. The molecule has 0 radical (unpaired) electrons. The summed E-state index contributed by atoms with van der Waals surface area (Å²) in [5, 5.41) is 22.1. The van der Waals surface area contributed by atoms with Crippen LogP contribution in [-0.4, -0.2) is 66.0 Å².